The van der Waals surface area contributed by atoms with Gasteiger partial charge in [-0.1, -0.05) is 72.5 Å². The van der Waals surface area contributed by atoms with Gasteiger partial charge in [0.15, 0.2) is 0 Å². The first kappa shape index (κ1) is 16.8. The lowest BCUT2D eigenvalue weighted by molar-refractivity contribution is -0.194. The minimum Gasteiger partial charge on any atom is -0.233 e. The van der Waals surface area contributed by atoms with Gasteiger partial charge in [-0.3, -0.25) is 0 Å². The largest absolute Gasteiger partial charge is 0.233 e. The molecule has 0 saturated carbocycles. The van der Waals surface area contributed by atoms with Gasteiger partial charge in [-0.05, 0) is 19.0 Å². The smallest absolute Gasteiger partial charge is 0.0825 e. The lowest BCUT2D eigenvalue weighted by Gasteiger charge is -2.06. The van der Waals surface area contributed by atoms with Gasteiger partial charge in [-0.15, -0.1) is 0 Å². The van der Waals surface area contributed by atoms with Crippen molar-refractivity contribution in [3.63, 3.8) is 0 Å². The molecule has 1 fully saturated rings. The van der Waals surface area contributed by atoms with E-state index in [0.717, 1.165) is 21.3 Å². The van der Waals surface area contributed by atoms with E-state index < -0.39 is 0 Å². The molecule has 1 saturated heterocycles. The maximum Gasteiger partial charge on any atom is 0.0825 e. The zero-order chi connectivity index (χ0) is 12.7. The van der Waals surface area contributed by atoms with Crippen LogP contribution >= 0.6 is 16.8 Å². The maximum atomic E-state index is 5.22. The second-order valence-corrected chi connectivity index (χ2v) is 8.07. The van der Waals surface area contributed by atoms with Gasteiger partial charge in [-0.25, -0.2) is 9.56 Å². The van der Waals surface area contributed by atoms with Crippen molar-refractivity contribution in [1.29, 1.82) is 0 Å². The van der Waals surface area contributed by atoms with E-state index in [0.29, 0.717) is 8.50 Å². The zero-order valence-electron chi connectivity index (χ0n) is 11.7. The fourth-order valence-corrected chi connectivity index (χ4v) is 4.21. The number of hydrogen-bond donors (Lipinski definition) is 0. The molecule has 1 rings (SSSR count). The van der Waals surface area contributed by atoms with Crippen LogP contribution in [0.1, 0.15) is 77.0 Å². The lowest BCUT2D eigenvalue weighted by atomic mass is 10.1. The van der Waals surface area contributed by atoms with Gasteiger partial charge in [0, 0.05) is 0 Å². The molecule has 0 N–H and O–H groups in total. The Labute approximate surface area is 116 Å². The second-order valence-electron chi connectivity index (χ2n) is 5.18. The molecule has 1 aliphatic rings. The van der Waals surface area contributed by atoms with Crippen LogP contribution in [0.3, 0.4) is 0 Å². The molecule has 2 atom stereocenters. The first-order chi connectivity index (χ1) is 9.00. The van der Waals surface area contributed by atoms with Crippen LogP contribution in [0.5, 0.6) is 0 Å². The van der Waals surface area contributed by atoms with Gasteiger partial charge in [0.2, 0.25) is 0 Å². The summed E-state index contributed by atoms with van der Waals surface area (Å²) in [5, 5.41) is 0. The second kappa shape index (κ2) is 14.2. The number of hydrogen-bond acceptors (Lipinski definition) is 2. The van der Waals surface area contributed by atoms with Crippen LogP contribution in [0.4, 0.5) is 0 Å². The predicted octanol–water partition coefficient (Wildman–Crippen LogP) is 5.82. The first-order valence-corrected chi connectivity index (χ1v) is 10.9. The molecule has 0 bridgehead atoms. The highest BCUT2D eigenvalue weighted by Gasteiger charge is 1.96. The molecular formula is C14H30O2P2. The van der Waals surface area contributed by atoms with E-state index in [1.165, 1.54) is 76.8 Å². The third kappa shape index (κ3) is 11.8. The summed E-state index contributed by atoms with van der Waals surface area (Å²) < 4.78 is 5.22. The molecular weight excluding hydrogens is 262 g/mol. The molecule has 1 aliphatic heterocycles. The van der Waals surface area contributed by atoms with Crippen LogP contribution in [0, 0.1) is 0 Å². The van der Waals surface area contributed by atoms with Crippen LogP contribution in [0.15, 0.2) is 0 Å². The molecule has 0 aliphatic carbocycles. The summed E-state index contributed by atoms with van der Waals surface area (Å²) in [6.45, 7) is 0.789. The van der Waals surface area contributed by atoms with Crippen molar-refractivity contribution < 1.29 is 9.56 Å². The van der Waals surface area contributed by atoms with Crippen LogP contribution < -0.4 is 0 Å². The molecule has 108 valence electrons. The predicted molar refractivity (Wildman–Crippen MR) is 83.9 cm³/mol. The highest BCUT2D eigenvalue weighted by atomic mass is 32.0. The molecule has 4 heteroatoms. The van der Waals surface area contributed by atoms with Crippen molar-refractivity contribution >= 4 is 16.8 Å². The van der Waals surface area contributed by atoms with Crippen molar-refractivity contribution in [2.45, 2.75) is 77.0 Å². The SMILES string of the molecule is C1CCCCCCCPPOOCCCCCC1. The summed E-state index contributed by atoms with van der Waals surface area (Å²) in [5.74, 6) is 0. The van der Waals surface area contributed by atoms with Gasteiger partial charge >= 0.3 is 0 Å². The molecule has 0 aromatic carbocycles. The molecule has 0 aromatic heterocycles. The Morgan fingerprint density at radius 1 is 0.556 bits per heavy atom. The minimum atomic E-state index is 0.573. The van der Waals surface area contributed by atoms with Gasteiger partial charge in [0.25, 0.3) is 0 Å². The maximum absolute atomic E-state index is 5.22. The minimum absolute atomic E-state index is 0.573. The van der Waals surface area contributed by atoms with E-state index in [4.69, 9.17) is 9.56 Å². The topological polar surface area (TPSA) is 18.5 Å². The standard InChI is InChI=1S/C14H30O2P2/c1-2-4-6-8-10-12-14-17-18-16-15-13-11-9-7-5-3-1/h17-18H,1-14H2. The van der Waals surface area contributed by atoms with Crippen LogP contribution in [-0.2, 0) is 9.56 Å². The molecule has 1 heterocycles. The molecule has 2 nitrogen and oxygen atoms in total. The van der Waals surface area contributed by atoms with Gasteiger partial charge < -0.3 is 0 Å². The van der Waals surface area contributed by atoms with Crippen molar-refractivity contribution in [2.75, 3.05) is 12.8 Å². The molecule has 0 amide bonds. The van der Waals surface area contributed by atoms with E-state index in [1.54, 1.807) is 0 Å². The zero-order valence-corrected chi connectivity index (χ0v) is 13.7. The quantitative estimate of drug-likeness (QED) is 0.414. The summed E-state index contributed by atoms with van der Waals surface area (Å²) in [6, 6.07) is 0. The summed E-state index contributed by atoms with van der Waals surface area (Å²) in [6.07, 6.45) is 18.0. The normalized spacial score (nSPS) is 26.7. The molecule has 0 spiro atoms. The molecule has 18 heavy (non-hydrogen) atoms. The first-order valence-electron chi connectivity index (χ1n) is 7.76. The molecule has 2 unspecified atom stereocenters. The van der Waals surface area contributed by atoms with Crippen molar-refractivity contribution in [1.82, 2.24) is 0 Å². The Morgan fingerprint density at radius 2 is 1.06 bits per heavy atom. The monoisotopic (exact) mass is 292 g/mol. The van der Waals surface area contributed by atoms with Crippen molar-refractivity contribution in [3.8, 4) is 0 Å². The Balaban J connectivity index is 2.00. The van der Waals surface area contributed by atoms with Gasteiger partial charge in [-0.2, -0.15) is 0 Å². The summed E-state index contributed by atoms with van der Waals surface area (Å²) >= 11 is 0. The average Bonchev–Trinajstić information content (AvgIpc) is 2.39. The van der Waals surface area contributed by atoms with Crippen LogP contribution in [-0.4, -0.2) is 12.8 Å². The van der Waals surface area contributed by atoms with Crippen LogP contribution in [0.25, 0.3) is 0 Å². The summed E-state index contributed by atoms with van der Waals surface area (Å²) in [4.78, 5) is 5.20. The van der Waals surface area contributed by atoms with Crippen molar-refractivity contribution in [3.05, 3.63) is 0 Å². The van der Waals surface area contributed by atoms with E-state index in [1.807, 2.05) is 0 Å². The number of rotatable bonds is 0. The van der Waals surface area contributed by atoms with E-state index in [2.05, 4.69) is 0 Å². The van der Waals surface area contributed by atoms with Gasteiger partial charge in [0.05, 0.1) is 15.1 Å². The molecule has 0 radical (unpaired) electrons. The highest BCUT2D eigenvalue weighted by molar-refractivity contribution is 8.09. The third-order valence-corrected chi connectivity index (χ3v) is 5.83. The van der Waals surface area contributed by atoms with E-state index in [9.17, 15) is 0 Å². The van der Waals surface area contributed by atoms with Crippen LogP contribution in [0.2, 0.25) is 0 Å². The Hall–Kier alpha value is 0.780. The Morgan fingerprint density at radius 3 is 1.67 bits per heavy atom. The summed E-state index contributed by atoms with van der Waals surface area (Å²) in [7, 11) is 1.52. The van der Waals surface area contributed by atoms with E-state index >= 15 is 0 Å². The van der Waals surface area contributed by atoms with E-state index in [-0.39, 0.29) is 0 Å². The van der Waals surface area contributed by atoms with Gasteiger partial charge in [0.1, 0.15) is 0 Å². The Kier molecular flexibility index (Phi) is 13.3. The fourth-order valence-electron chi connectivity index (χ4n) is 2.29. The van der Waals surface area contributed by atoms with Crippen molar-refractivity contribution in [2.24, 2.45) is 0 Å². The third-order valence-electron chi connectivity index (χ3n) is 3.45. The average molecular weight is 292 g/mol. The fraction of sp³-hybridized carbons (Fsp3) is 1.00. The lowest BCUT2D eigenvalue weighted by Crippen LogP contribution is -1.91. The molecule has 0 aromatic rings. The highest BCUT2D eigenvalue weighted by Crippen LogP contribution is 2.38. The summed E-state index contributed by atoms with van der Waals surface area (Å²) in [5.41, 5.74) is 0. The Bertz CT molecular complexity index is 92.8.